The maximum Gasteiger partial charge on any atom is 0.225 e. The Kier molecular flexibility index (Phi) is 3.26. The molecule has 1 amide bonds. The van der Waals surface area contributed by atoms with E-state index in [9.17, 15) is 4.79 Å². The zero-order valence-corrected chi connectivity index (χ0v) is 9.06. The number of rotatable bonds is 2. The second-order valence-electron chi connectivity index (χ2n) is 4.90. The quantitative estimate of drug-likeness (QED) is 0.674. The van der Waals surface area contributed by atoms with Crippen LogP contribution in [-0.2, 0) is 4.79 Å². The number of likely N-dealkylation sites (tertiary alicyclic amines) is 1. The van der Waals surface area contributed by atoms with E-state index < -0.39 is 0 Å². The van der Waals surface area contributed by atoms with Gasteiger partial charge < -0.3 is 15.7 Å². The Hall–Kier alpha value is -0.610. The Labute approximate surface area is 90.4 Å². The number of aliphatic hydroxyl groups is 1. The van der Waals surface area contributed by atoms with Gasteiger partial charge in [0.1, 0.15) is 0 Å². The fourth-order valence-corrected chi connectivity index (χ4v) is 2.54. The van der Waals surface area contributed by atoms with Crippen LogP contribution in [0.3, 0.4) is 0 Å². The third-order valence-corrected chi connectivity index (χ3v) is 3.68. The SMILES string of the molecule is NC1CN(C(=O)C2CCC(CO)CC2)C1. The van der Waals surface area contributed by atoms with Crippen LogP contribution in [0.2, 0.25) is 0 Å². The summed E-state index contributed by atoms with van der Waals surface area (Å²) in [5.41, 5.74) is 5.65. The maximum atomic E-state index is 11.9. The van der Waals surface area contributed by atoms with Gasteiger partial charge in [-0.25, -0.2) is 0 Å². The van der Waals surface area contributed by atoms with E-state index in [-0.39, 0.29) is 24.5 Å². The first-order chi connectivity index (χ1) is 7.20. The van der Waals surface area contributed by atoms with Crippen molar-refractivity contribution in [3.05, 3.63) is 0 Å². The number of carbonyl (C=O) groups excluding carboxylic acids is 1. The van der Waals surface area contributed by atoms with E-state index in [4.69, 9.17) is 10.8 Å². The molecule has 2 rings (SSSR count). The molecule has 3 N–H and O–H groups in total. The van der Waals surface area contributed by atoms with Gasteiger partial charge in [-0.15, -0.1) is 0 Å². The van der Waals surface area contributed by atoms with Gasteiger partial charge in [-0.3, -0.25) is 4.79 Å². The second-order valence-corrected chi connectivity index (χ2v) is 4.90. The predicted molar refractivity (Wildman–Crippen MR) is 57.1 cm³/mol. The number of amides is 1. The molecule has 1 saturated heterocycles. The molecular formula is C11H20N2O2. The Morgan fingerprint density at radius 2 is 1.87 bits per heavy atom. The van der Waals surface area contributed by atoms with Gasteiger partial charge >= 0.3 is 0 Å². The van der Waals surface area contributed by atoms with Crippen molar-refractivity contribution in [2.75, 3.05) is 19.7 Å². The van der Waals surface area contributed by atoms with Crippen LogP contribution in [-0.4, -0.2) is 41.7 Å². The van der Waals surface area contributed by atoms with Crippen molar-refractivity contribution in [1.29, 1.82) is 0 Å². The molecule has 0 spiro atoms. The third-order valence-electron chi connectivity index (χ3n) is 3.68. The van der Waals surface area contributed by atoms with E-state index in [0.717, 1.165) is 38.8 Å². The molecule has 0 atom stereocenters. The summed E-state index contributed by atoms with van der Waals surface area (Å²) in [6.07, 6.45) is 3.87. The van der Waals surface area contributed by atoms with E-state index in [1.54, 1.807) is 0 Å². The van der Waals surface area contributed by atoms with E-state index in [1.807, 2.05) is 4.90 Å². The van der Waals surface area contributed by atoms with Crippen LogP contribution in [0.25, 0.3) is 0 Å². The molecule has 4 heteroatoms. The lowest BCUT2D eigenvalue weighted by Gasteiger charge is -2.40. The minimum absolute atomic E-state index is 0.195. The van der Waals surface area contributed by atoms with Crippen molar-refractivity contribution in [3.8, 4) is 0 Å². The van der Waals surface area contributed by atoms with E-state index in [0.29, 0.717) is 5.92 Å². The van der Waals surface area contributed by atoms with Crippen molar-refractivity contribution in [2.45, 2.75) is 31.7 Å². The fourth-order valence-electron chi connectivity index (χ4n) is 2.54. The first-order valence-corrected chi connectivity index (χ1v) is 5.86. The zero-order chi connectivity index (χ0) is 10.8. The molecule has 0 bridgehead atoms. The molecular weight excluding hydrogens is 192 g/mol. The van der Waals surface area contributed by atoms with Crippen LogP contribution in [0.5, 0.6) is 0 Å². The Morgan fingerprint density at radius 3 is 2.33 bits per heavy atom. The standard InChI is InChI=1S/C11H20N2O2/c12-10-5-13(6-10)11(15)9-3-1-8(7-14)2-4-9/h8-10,14H,1-7,12H2. The average molecular weight is 212 g/mol. The summed E-state index contributed by atoms with van der Waals surface area (Å²) in [4.78, 5) is 13.8. The minimum Gasteiger partial charge on any atom is -0.396 e. The Balaban J connectivity index is 1.78. The number of carbonyl (C=O) groups is 1. The molecule has 2 aliphatic rings. The highest BCUT2D eigenvalue weighted by molar-refractivity contribution is 5.79. The lowest BCUT2D eigenvalue weighted by atomic mass is 9.81. The van der Waals surface area contributed by atoms with Gasteiger partial charge in [0.05, 0.1) is 0 Å². The maximum absolute atomic E-state index is 11.9. The Bertz CT molecular complexity index is 231. The van der Waals surface area contributed by atoms with Crippen molar-refractivity contribution in [2.24, 2.45) is 17.6 Å². The molecule has 1 aliphatic carbocycles. The first-order valence-electron chi connectivity index (χ1n) is 5.86. The molecule has 0 unspecified atom stereocenters. The number of aliphatic hydroxyl groups excluding tert-OH is 1. The summed E-state index contributed by atoms with van der Waals surface area (Å²) < 4.78 is 0. The summed E-state index contributed by atoms with van der Waals surface area (Å²) in [6.45, 7) is 1.74. The summed E-state index contributed by atoms with van der Waals surface area (Å²) in [6, 6.07) is 0.197. The van der Waals surface area contributed by atoms with E-state index in [2.05, 4.69) is 0 Å². The molecule has 2 fully saturated rings. The molecule has 0 aromatic heterocycles. The van der Waals surface area contributed by atoms with E-state index >= 15 is 0 Å². The van der Waals surface area contributed by atoms with Crippen LogP contribution >= 0.6 is 0 Å². The Morgan fingerprint density at radius 1 is 1.27 bits per heavy atom. The van der Waals surface area contributed by atoms with Gasteiger partial charge in [0, 0.05) is 31.7 Å². The monoisotopic (exact) mass is 212 g/mol. The fraction of sp³-hybridized carbons (Fsp3) is 0.909. The average Bonchev–Trinajstić information content (AvgIpc) is 2.24. The van der Waals surface area contributed by atoms with Crippen molar-refractivity contribution < 1.29 is 9.90 Å². The van der Waals surface area contributed by atoms with Crippen LogP contribution < -0.4 is 5.73 Å². The zero-order valence-electron chi connectivity index (χ0n) is 9.06. The van der Waals surface area contributed by atoms with Gasteiger partial charge in [-0.2, -0.15) is 0 Å². The van der Waals surface area contributed by atoms with Crippen LogP contribution in [0.15, 0.2) is 0 Å². The van der Waals surface area contributed by atoms with Crippen molar-refractivity contribution in [1.82, 2.24) is 4.90 Å². The number of nitrogens with two attached hydrogens (primary N) is 1. The van der Waals surface area contributed by atoms with Crippen molar-refractivity contribution >= 4 is 5.91 Å². The lowest BCUT2D eigenvalue weighted by Crippen LogP contribution is -2.59. The summed E-state index contributed by atoms with van der Waals surface area (Å²) in [7, 11) is 0. The van der Waals surface area contributed by atoms with E-state index in [1.165, 1.54) is 0 Å². The second kappa shape index (κ2) is 4.49. The third kappa shape index (κ3) is 2.32. The van der Waals surface area contributed by atoms with Gasteiger partial charge in [-0.05, 0) is 31.6 Å². The van der Waals surface area contributed by atoms with Gasteiger partial charge in [-0.1, -0.05) is 0 Å². The normalized spacial score (nSPS) is 32.5. The predicted octanol–water partition coefficient (Wildman–Crippen LogP) is -0.0454. The molecule has 1 heterocycles. The number of hydrogen-bond acceptors (Lipinski definition) is 3. The molecule has 1 saturated carbocycles. The molecule has 1 aliphatic heterocycles. The molecule has 86 valence electrons. The number of nitrogens with zero attached hydrogens (tertiary/aromatic N) is 1. The van der Waals surface area contributed by atoms with Gasteiger partial charge in [0.15, 0.2) is 0 Å². The highest BCUT2D eigenvalue weighted by atomic mass is 16.3. The van der Waals surface area contributed by atoms with Crippen LogP contribution in [0.4, 0.5) is 0 Å². The first kappa shape index (κ1) is 10.9. The molecule has 4 nitrogen and oxygen atoms in total. The van der Waals surface area contributed by atoms with Gasteiger partial charge in [0.25, 0.3) is 0 Å². The molecule has 0 radical (unpaired) electrons. The smallest absolute Gasteiger partial charge is 0.225 e. The van der Waals surface area contributed by atoms with Crippen molar-refractivity contribution in [3.63, 3.8) is 0 Å². The largest absolute Gasteiger partial charge is 0.396 e. The number of hydrogen-bond donors (Lipinski definition) is 2. The topological polar surface area (TPSA) is 66.6 Å². The van der Waals surface area contributed by atoms with Crippen LogP contribution in [0, 0.1) is 11.8 Å². The lowest BCUT2D eigenvalue weighted by molar-refractivity contribution is -0.141. The summed E-state index contributed by atoms with van der Waals surface area (Å²) >= 11 is 0. The summed E-state index contributed by atoms with van der Waals surface area (Å²) in [5, 5.41) is 9.01. The highest BCUT2D eigenvalue weighted by Gasteiger charge is 2.34. The molecule has 0 aromatic rings. The summed E-state index contributed by atoms with van der Waals surface area (Å²) in [5.74, 6) is 0.904. The molecule has 15 heavy (non-hydrogen) atoms. The van der Waals surface area contributed by atoms with Gasteiger partial charge in [0.2, 0.25) is 5.91 Å². The minimum atomic E-state index is 0.195. The highest BCUT2D eigenvalue weighted by Crippen LogP contribution is 2.30. The van der Waals surface area contributed by atoms with Crippen LogP contribution in [0.1, 0.15) is 25.7 Å². The molecule has 0 aromatic carbocycles.